The van der Waals surface area contributed by atoms with Gasteiger partial charge in [0.2, 0.25) is 11.8 Å². The number of hydrogen-bond donors (Lipinski definition) is 1. The fraction of sp³-hybridized carbons (Fsp3) is 0.207. The lowest BCUT2D eigenvalue weighted by molar-refractivity contribution is -0.132. The molecule has 174 valence electrons. The molecule has 1 N–H and O–H groups in total. The van der Waals surface area contributed by atoms with E-state index in [-0.39, 0.29) is 23.8 Å². The van der Waals surface area contributed by atoms with Crippen molar-refractivity contribution in [3.05, 3.63) is 102 Å². The molecule has 3 aromatic carbocycles. The Morgan fingerprint density at radius 2 is 1.51 bits per heavy atom. The SMILES string of the molecule is C[C@@H]1N[C@]2(C(=O)N(C/C=C\c3ccccc3)c3ccccc32)[C@@H]2C(=O)N(c3ccccc3)C(=O)[C@@H]12. The summed E-state index contributed by atoms with van der Waals surface area (Å²) in [4.78, 5) is 44.5. The summed E-state index contributed by atoms with van der Waals surface area (Å²) in [6.45, 7) is 2.25. The highest BCUT2D eigenvalue weighted by Gasteiger charge is 2.70. The largest absolute Gasteiger partial charge is 0.306 e. The molecule has 6 rings (SSSR count). The smallest absolute Gasteiger partial charge is 0.253 e. The molecule has 0 aromatic heterocycles. The molecule has 0 radical (unpaired) electrons. The minimum absolute atomic E-state index is 0.188. The van der Waals surface area contributed by atoms with Crippen LogP contribution in [-0.2, 0) is 19.9 Å². The third kappa shape index (κ3) is 3.03. The molecule has 35 heavy (non-hydrogen) atoms. The van der Waals surface area contributed by atoms with Crippen LogP contribution in [0.3, 0.4) is 0 Å². The summed E-state index contributed by atoms with van der Waals surface area (Å²) >= 11 is 0. The van der Waals surface area contributed by atoms with Gasteiger partial charge in [0.15, 0.2) is 0 Å². The zero-order valence-electron chi connectivity index (χ0n) is 19.3. The summed E-state index contributed by atoms with van der Waals surface area (Å²) in [5.74, 6) is -2.18. The second-order valence-corrected chi connectivity index (χ2v) is 9.34. The molecule has 3 amide bonds. The van der Waals surface area contributed by atoms with Crippen molar-refractivity contribution < 1.29 is 14.4 Å². The second kappa shape index (κ2) is 8.03. The summed E-state index contributed by atoms with van der Waals surface area (Å²) in [5, 5.41) is 3.42. The van der Waals surface area contributed by atoms with Crippen LogP contribution in [0.4, 0.5) is 11.4 Å². The Kier molecular flexibility index (Phi) is 4.93. The Hall–Kier alpha value is -4.03. The third-order valence-corrected chi connectivity index (χ3v) is 7.43. The molecule has 6 nitrogen and oxygen atoms in total. The lowest BCUT2D eigenvalue weighted by Gasteiger charge is -2.30. The van der Waals surface area contributed by atoms with Crippen LogP contribution in [-0.4, -0.2) is 30.3 Å². The van der Waals surface area contributed by atoms with E-state index in [4.69, 9.17) is 0 Å². The number of fused-ring (bicyclic) bond motifs is 4. The van der Waals surface area contributed by atoms with Crippen molar-refractivity contribution in [1.82, 2.24) is 5.32 Å². The van der Waals surface area contributed by atoms with E-state index in [0.29, 0.717) is 12.2 Å². The van der Waals surface area contributed by atoms with Gasteiger partial charge in [-0.1, -0.05) is 78.9 Å². The second-order valence-electron chi connectivity index (χ2n) is 9.34. The Balaban J connectivity index is 1.40. The van der Waals surface area contributed by atoms with Gasteiger partial charge >= 0.3 is 0 Å². The zero-order valence-corrected chi connectivity index (χ0v) is 19.3. The number of carbonyl (C=O) groups excluding carboxylic acids is 3. The van der Waals surface area contributed by atoms with E-state index in [0.717, 1.165) is 16.8 Å². The van der Waals surface area contributed by atoms with Gasteiger partial charge in [0, 0.05) is 23.8 Å². The molecule has 0 saturated carbocycles. The molecule has 0 unspecified atom stereocenters. The fourth-order valence-electron chi connectivity index (χ4n) is 5.98. The number of carbonyl (C=O) groups is 3. The Labute approximate surface area is 203 Å². The molecule has 0 bridgehead atoms. The van der Waals surface area contributed by atoms with Gasteiger partial charge in [0.05, 0.1) is 17.5 Å². The maximum atomic E-state index is 14.2. The third-order valence-electron chi connectivity index (χ3n) is 7.43. The van der Waals surface area contributed by atoms with Gasteiger partial charge in [-0.15, -0.1) is 0 Å². The molecular formula is C29H25N3O3. The maximum absolute atomic E-state index is 14.2. The van der Waals surface area contributed by atoms with E-state index in [1.165, 1.54) is 4.90 Å². The summed E-state index contributed by atoms with van der Waals surface area (Å²) in [6, 6.07) is 26.1. The quantitative estimate of drug-likeness (QED) is 0.599. The molecule has 6 heteroatoms. The minimum atomic E-state index is -1.27. The van der Waals surface area contributed by atoms with Gasteiger partial charge in [-0.3, -0.25) is 19.7 Å². The Morgan fingerprint density at radius 1 is 0.857 bits per heavy atom. The molecular weight excluding hydrogens is 438 g/mol. The van der Waals surface area contributed by atoms with Crippen molar-refractivity contribution in [3.8, 4) is 0 Å². The first-order valence-corrected chi connectivity index (χ1v) is 11.9. The molecule has 2 fully saturated rings. The van der Waals surface area contributed by atoms with E-state index < -0.39 is 17.4 Å². The number of benzene rings is 3. The van der Waals surface area contributed by atoms with Crippen molar-refractivity contribution in [1.29, 1.82) is 0 Å². The van der Waals surface area contributed by atoms with Crippen molar-refractivity contribution in [2.45, 2.75) is 18.5 Å². The van der Waals surface area contributed by atoms with Gasteiger partial charge in [0.1, 0.15) is 5.54 Å². The number of imide groups is 1. The molecule has 4 atom stereocenters. The molecule has 3 aliphatic rings. The normalized spacial score (nSPS) is 27.3. The van der Waals surface area contributed by atoms with Gasteiger partial charge in [-0.05, 0) is 30.7 Å². The Morgan fingerprint density at radius 3 is 2.26 bits per heavy atom. The van der Waals surface area contributed by atoms with Crippen molar-refractivity contribution >= 4 is 35.2 Å². The van der Waals surface area contributed by atoms with Crippen molar-refractivity contribution in [2.24, 2.45) is 11.8 Å². The van der Waals surface area contributed by atoms with Crippen molar-refractivity contribution in [3.63, 3.8) is 0 Å². The molecule has 1 spiro atoms. The maximum Gasteiger partial charge on any atom is 0.253 e. The molecule has 2 saturated heterocycles. The summed E-state index contributed by atoms with van der Waals surface area (Å²) in [7, 11) is 0. The molecule has 3 heterocycles. The zero-order chi connectivity index (χ0) is 24.2. The van der Waals surface area contributed by atoms with Crippen LogP contribution < -0.4 is 15.1 Å². The van der Waals surface area contributed by atoms with Gasteiger partial charge in [0.25, 0.3) is 5.91 Å². The standard InChI is InChI=1S/C29H25N3O3/c1-19-24-25(27(34)32(26(24)33)21-14-6-3-7-15-21)29(30-19)22-16-8-9-17-23(22)31(28(29)35)18-10-13-20-11-4-2-5-12-20/h2-17,19,24-25,30H,18H2,1H3/b13-10-/t19-,24-,25-,29-/m0/s1. The lowest BCUT2D eigenvalue weighted by Crippen LogP contribution is -2.55. The van der Waals surface area contributed by atoms with Gasteiger partial charge < -0.3 is 4.90 Å². The first-order valence-electron chi connectivity index (χ1n) is 11.9. The Bertz CT molecular complexity index is 1350. The highest BCUT2D eigenvalue weighted by molar-refractivity contribution is 6.26. The number of nitrogens with zero attached hydrogens (tertiary/aromatic N) is 2. The average molecular weight is 464 g/mol. The van der Waals surface area contributed by atoms with E-state index in [1.54, 1.807) is 29.2 Å². The van der Waals surface area contributed by atoms with E-state index in [1.807, 2.05) is 79.7 Å². The van der Waals surface area contributed by atoms with Gasteiger partial charge in [-0.25, -0.2) is 4.90 Å². The van der Waals surface area contributed by atoms with Crippen LogP contribution in [0.1, 0.15) is 18.1 Å². The summed E-state index contributed by atoms with van der Waals surface area (Å²) in [6.07, 6.45) is 3.94. The average Bonchev–Trinajstić information content (AvgIpc) is 3.43. The number of rotatable bonds is 4. The van der Waals surface area contributed by atoms with Crippen LogP contribution in [0.2, 0.25) is 0 Å². The van der Waals surface area contributed by atoms with E-state index >= 15 is 0 Å². The van der Waals surface area contributed by atoms with E-state index in [2.05, 4.69) is 5.32 Å². The first-order chi connectivity index (χ1) is 17.0. The lowest BCUT2D eigenvalue weighted by atomic mass is 9.76. The number of hydrogen-bond acceptors (Lipinski definition) is 4. The topological polar surface area (TPSA) is 69.7 Å². The van der Waals surface area contributed by atoms with Crippen LogP contribution in [0.5, 0.6) is 0 Å². The number of para-hydroxylation sites is 2. The molecule has 0 aliphatic carbocycles. The monoisotopic (exact) mass is 463 g/mol. The predicted molar refractivity (Wildman–Crippen MR) is 134 cm³/mol. The number of nitrogens with one attached hydrogen (secondary N) is 1. The minimum Gasteiger partial charge on any atom is -0.306 e. The highest BCUT2D eigenvalue weighted by Crippen LogP contribution is 2.54. The van der Waals surface area contributed by atoms with Crippen LogP contribution >= 0.6 is 0 Å². The number of amides is 3. The predicted octanol–water partition coefficient (Wildman–Crippen LogP) is 3.74. The molecule has 3 aromatic rings. The van der Waals surface area contributed by atoms with Crippen LogP contribution in [0.25, 0.3) is 6.08 Å². The van der Waals surface area contributed by atoms with Crippen LogP contribution in [0.15, 0.2) is 91.0 Å². The summed E-state index contributed by atoms with van der Waals surface area (Å²) < 4.78 is 0. The van der Waals surface area contributed by atoms with Crippen molar-refractivity contribution in [2.75, 3.05) is 16.3 Å². The fourth-order valence-corrected chi connectivity index (χ4v) is 5.98. The van der Waals surface area contributed by atoms with Gasteiger partial charge in [-0.2, -0.15) is 0 Å². The molecule has 3 aliphatic heterocycles. The summed E-state index contributed by atoms with van der Waals surface area (Å²) in [5.41, 5.74) is 1.85. The van der Waals surface area contributed by atoms with Crippen LogP contribution in [0, 0.1) is 11.8 Å². The van der Waals surface area contributed by atoms with E-state index in [9.17, 15) is 14.4 Å². The highest BCUT2D eigenvalue weighted by atomic mass is 16.2. The number of anilines is 2. The first kappa shape index (κ1) is 21.5.